The summed E-state index contributed by atoms with van der Waals surface area (Å²) in [6.45, 7) is 1.02. The highest BCUT2D eigenvalue weighted by Gasteiger charge is 2.29. The summed E-state index contributed by atoms with van der Waals surface area (Å²) in [7, 11) is -3.68. The predicted molar refractivity (Wildman–Crippen MR) is 111 cm³/mol. The monoisotopic (exact) mass is 428 g/mol. The molecule has 0 atom stereocenters. The van der Waals surface area contributed by atoms with Crippen molar-refractivity contribution in [2.75, 3.05) is 6.54 Å². The molecule has 0 unspecified atom stereocenters. The van der Waals surface area contributed by atoms with Crippen molar-refractivity contribution in [1.82, 2.24) is 9.79 Å². The summed E-state index contributed by atoms with van der Waals surface area (Å²) in [6, 6.07) is 17.4. The number of hydrogen-bond acceptors (Lipinski definition) is 5. The van der Waals surface area contributed by atoms with Crippen molar-refractivity contribution in [2.24, 2.45) is 0 Å². The molecule has 4 rings (SSSR count). The van der Waals surface area contributed by atoms with Crippen LogP contribution in [0, 0.1) is 0 Å². The highest BCUT2D eigenvalue weighted by atomic mass is 32.2. The van der Waals surface area contributed by atoms with E-state index in [1.807, 2.05) is 41.8 Å². The Bertz CT molecular complexity index is 1110. The number of benzene rings is 2. The van der Waals surface area contributed by atoms with Crippen molar-refractivity contribution in [2.45, 2.75) is 24.5 Å². The van der Waals surface area contributed by atoms with Gasteiger partial charge in [-0.05, 0) is 47.2 Å². The van der Waals surface area contributed by atoms with Crippen LogP contribution in [0.5, 0.6) is 0 Å². The highest BCUT2D eigenvalue weighted by Crippen LogP contribution is 2.28. The Kier molecular flexibility index (Phi) is 5.77. The number of fused-ring (bicyclic) bond motifs is 1. The Balaban J connectivity index is 1.44. The molecule has 2 aromatic carbocycles. The largest absolute Gasteiger partial charge is 0.274 e. The molecule has 0 aliphatic carbocycles. The van der Waals surface area contributed by atoms with Crippen molar-refractivity contribution >= 4 is 27.3 Å². The van der Waals surface area contributed by atoms with E-state index in [0.29, 0.717) is 19.5 Å². The van der Waals surface area contributed by atoms with Gasteiger partial charge in [-0.2, -0.15) is 4.31 Å². The Morgan fingerprint density at radius 1 is 1.10 bits per heavy atom. The molecular formula is C21H20N2O4S2. The first-order valence-electron chi connectivity index (χ1n) is 9.15. The molecule has 150 valence electrons. The van der Waals surface area contributed by atoms with Crippen LogP contribution in [0.3, 0.4) is 0 Å². The quantitative estimate of drug-likeness (QED) is 0.611. The van der Waals surface area contributed by atoms with E-state index < -0.39 is 15.9 Å². The topological polar surface area (TPSA) is 75.7 Å². The van der Waals surface area contributed by atoms with Gasteiger partial charge in [0.05, 0.1) is 11.5 Å². The first-order chi connectivity index (χ1) is 14.0. The van der Waals surface area contributed by atoms with Crippen molar-refractivity contribution in [1.29, 1.82) is 0 Å². The summed E-state index contributed by atoms with van der Waals surface area (Å²) in [4.78, 5) is 19.0. The van der Waals surface area contributed by atoms with Gasteiger partial charge in [0.2, 0.25) is 10.0 Å². The van der Waals surface area contributed by atoms with Crippen LogP contribution in [0.25, 0.3) is 0 Å². The summed E-state index contributed by atoms with van der Waals surface area (Å²) in [5, 5.41) is 1.99. The zero-order chi connectivity index (χ0) is 20.3. The minimum atomic E-state index is -3.68. The first-order valence-corrected chi connectivity index (χ1v) is 11.5. The van der Waals surface area contributed by atoms with E-state index in [9.17, 15) is 13.2 Å². The van der Waals surface area contributed by atoms with Crippen molar-refractivity contribution < 1.29 is 18.0 Å². The maximum absolute atomic E-state index is 13.1. The van der Waals surface area contributed by atoms with Crippen LogP contribution in [0.2, 0.25) is 0 Å². The molecule has 6 nitrogen and oxygen atoms in total. The third-order valence-electron chi connectivity index (χ3n) is 4.75. The second-order valence-corrected chi connectivity index (χ2v) is 9.63. The number of nitrogens with one attached hydrogen (secondary N) is 1. The summed E-state index contributed by atoms with van der Waals surface area (Å²) >= 11 is 1.66. The Hall–Kier alpha value is -2.52. The smallest absolute Gasteiger partial charge is 0.269 e. The van der Waals surface area contributed by atoms with Gasteiger partial charge in [0.25, 0.3) is 5.91 Å². The molecule has 1 N–H and O–H groups in total. The van der Waals surface area contributed by atoms with Crippen LogP contribution in [0.1, 0.15) is 26.4 Å². The van der Waals surface area contributed by atoms with Gasteiger partial charge in [-0.3, -0.25) is 9.63 Å². The fourth-order valence-corrected chi connectivity index (χ4v) is 5.55. The lowest BCUT2D eigenvalue weighted by Gasteiger charge is -2.26. The molecule has 0 radical (unpaired) electrons. The van der Waals surface area contributed by atoms with E-state index in [0.717, 1.165) is 11.1 Å². The fourth-order valence-electron chi connectivity index (χ4n) is 3.19. The van der Waals surface area contributed by atoms with Crippen molar-refractivity contribution in [3.05, 3.63) is 87.6 Å². The van der Waals surface area contributed by atoms with Gasteiger partial charge < -0.3 is 0 Å². The highest BCUT2D eigenvalue weighted by molar-refractivity contribution is 7.89. The molecule has 0 fully saturated rings. The lowest BCUT2D eigenvalue weighted by Crippen LogP contribution is -2.35. The number of amides is 1. The Labute approximate surface area is 173 Å². The summed E-state index contributed by atoms with van der Waals surface area (Å²) < 4.78 is 27.6. The van der Waals surface area contributed by atoms with Gasteiger partial charge in [0.15, 0.2) is 0 Å². The van der Waals surface area contributed by atoms with Crippen molar-refractivity contribution in [3.63, 3.8) is 0 Å². The first kappa shape index (κ1) is 19.8. The van der Waals surface area contributed by atoms with Gasteiger partial charge in [-0.15, -0.1) is 11.3 Å². The molecule has 1 aliphatic rings. The van der Waals surface area contributed by atoms with Gasteiger partial charge in [-0.1, -0.05) is 36.4 Å². The van der Waals surface area contributed by atoms with Gasteiger partial charge >= 0.3 is 0 Å². The Morgan fingerprint density at radius 2 is 1.93 bits per heavy atom. The molecule has 29 heavy (non-hydrogen) atoms. The Morgan fingerprint density at radius 3 is 2.76 bits per heavy atom. The van der Waals surface area contributed by atoms with E-state index in [4.69, 9.17) is 4.84 Å². The molecule has 8 heteroatoms. The normalized spacial score (nSPS) is 14.3. The maximum Gasteiger partial charge on any atom is 0.274 e. The molecule has 0 spiro atoms. The summed E-state index contributed by atoms with van der Waals surface area (Å²) in [6.07, 6.45) is 0.708. The maximum atomic E-state index is 13.1. The number of sulfonamides is 1. The molecular weight excluding hydrogens is 408 g/mol. The summed E-state index contributed by atoms with van der Waals surface area (Å²) in [5.41, 5.74) is 4.57. The second kappa shape index (κ2) is 8.46. The van der Waals surface area contributed by atoms with E-state index in [-0.39, 0.29) is 17.1 Å². The van der Waals surface area contributed by atoms with Crippen LogP contribution < -0.4 is 5.48 Å². The molecule has 1 aromatic heterocycles. The van der Waals surface area contributed by atoms with Crippen LogP contribution in [-0.2, 0) is 34.4 Å². The third-order valence-corrected chi connectivity index (χ3v) is 7.62. The molecule has 2 heterocycles. The van der Waals surface area contributed by atoms with Crippen LogP contribution >= 0.6 is 11.3 Å². The fraction of sp³-hybridized carbons (Fsp3) is 0.190. The summed E-state index contributed by atoms with van der Waals surface area (Å²) in [5.74, 6) is -0.489. The van der Waals surface area contributed by atoms with E-state index in [1.54, 1.807) is 23.5 Å². The van der Waals surface area contributed by atoms with Gasteiger partial charge in [0, 0.05) is 23.5 Å². The van der Waals surface area contributed by atoms with Crippen LogP contribution in [-0.4, -0.2) is 25.2 Å². The zero-order valence-corrected chi connectivity index (χ0v) is 17.2. The van der Waals surface area contributed by atoms with E-state index in [1.165, 1.54) is 21.3 Å². The SMILES string of the molecule is O=C(NOCc1ccccc1)c1cccc(S(=O)(=O)N2CCc3sccc3C2)c1. The minimum Gasteiger partial charge on any atom is -0.269 e. The lowest BCUT2D eigenvalue weighted by atomic mass is 10.1. The standard InChI is InChI=1S/C21H20N2O4S2/c24-21(22-27-15-16-5-2-1-3-6-16)17-7-4-8-19(13-17)29(25,26)23-11-9-20-18(14-23)10-12-28-20/h1-8,10,12-13H,9,11,14-15H2,(H,22,24). The number of carbonyl (C=O) groups is 1. The van der Waals surface area contributed by atoms with Gasteiger partial charge in [0.1, 0.15) is 0 Å². The molecule has 1 aliphatic heterocycles. The molecule has 0 saturated heterocycles. The number of hydroxylamine groups is 1. The van der Waals surface area contributed by atoms with Gasteiger partial charge in [-0.25, -0.2) is 13.9 Å². The van der Waals surface area contributed by atoms with Crippen molar-refractivity contribution in [3.8, 4) is 0 Å². The predicted octanol–water partition coefficient (Wildman–Crippen LogP) is 3.36. The second-order valence-electron chi connectivity index (χ2n) is 6.69. The van der Waals surface area contributed by atoms with Crippen LogP contribution in [0.4, 0.5) is 0 Å². The zero-order valence-electron chi connectivity index (χ0n) is 15.6. The van der Waals surface area contributed by atoms with Crippen LogP contribution in [0.15, 0.2) is 70.9 Å². The third kappa shape index (κ3) is 4.40. The number of rotatable bonds is 6. The number of hydrogen-bond donors (Lipinski definition) is 1. The van der Waals surface area contributed by atoms with E-state index >= 15 is 0 Å². The molecule has 1 amide bonds. The number of nitrogens with zero attached hydrogens (tertiary/aromatic N) is 1. The molecule has 0 saturated carbocycles. The van der Waals surface area contributed by atoms with E-state index in [2.05, 4.69) is 5.48 Å². The lowest BCUT2D eigenvalue weighted by molar-refractivity contribution is 0.0233. The molecule has 0 bridgehead atoms. The average Bonchev–Trinajstić information content (AvgIpc) is 3.22. The molecule has 3 aromatic rings. The average molecular weight is 429 g/mol. The number of thiophene rings is 1. The minimum absolute atomic E-state index is 0.104. The number of carbonyl (C=O) groups excluding carboxylic acids is 1.